The Kier molecular flexibility index (Phi) is 6.61. The average Bonchev–Trinajstić information content (AvgIpc) is 3.64. The summed E-state index contributed by atoms with van der Waals surface area (Å²) < 4.78 is 6.42. The van der Waals surface area contributed by atoms with Crippen LogP contribution in [0.4, 0.5) is 5.69 Å². The molecule has 6 nitrogen and oxygen atoms in total. The Morgan fingerprint density at radius 1 is 1.10 bits per heavy atom. The van der Waals surface area contributed by atoms with E-state index < -0.39 is 0 Å². The lowest BCUT2D eigenvalue weighted by Gasteiger charge is -2.64. The van der Waals surface area contributed by atoms with Crippen LogP contribution in [0.2, 0.25) is 0 Å². The van der Waals surface area contributed by atoms with Crippen LogP contribution in [0.3, 0.4) is 0 Å². The molecule has 11 atom stereocenters. The van der Waals surface area contributed by atoms with E-state index in [0.717, 1.165) is 69.0 Å². The lowest BCUT2D eigenvalue weighted by molar-refractivity contribution is -0.211. The molecule has 1 aromatic rings. The maximum absolute atomic E-state index is 13.4. The van der Waals surface area contributed by atoms with Crippen molar-refractivity contribution in [1.82, 2.24) is 0 Å². The summed E-state index contributed by atoms with van der Waals surface area (Å²) in [6.45, 7) is 3.18. The van der Waals surface area contributed by atoms with Crippen LogP contribution in [0.1, 0.15) is 88.7 Å². The van der Waals surface area contributed by atoms with Crippen LogP contribution in [0.5, 0.6) is 0 Å². The molecule has 1 spiro atoms. The molecule has 0 aromatic heterocycles. The number of carbonyl (C=O) groups is 1. The number of fused-ring (bicyclic) bond motifs is 5. The number of carbonyl (C=O) groups excluding carboxylic acids is 1. The summed E-state index contributed by atoms with van der Waals surface area (Å²) in [4.78, 5) is 15.4. The summed E-state index contributed by atoms with van der Waals surface area (Å²) >= 11 is 0. The first-order valence-electron chi connectivity index (χ1n) is 16.0. The third-order valence-electron chi connectivity index (χ3n) is 13.4. The van der Waals surface area contributed by atoms with Gasteiger partial charge in [-0.2, -0.15) is 5.26 Å². The Hall–Kier alpha value is -1.94. The van der Waals surface area contributed by atoms with Crippen molar-refractivity contribution in [2.75, 3.05) is 18.6 Å². The number of rotatable bonds is 4. The number of aliphatic hydroxyl groups is 2. The molecule has 1 amide bonds. The van der Waals surface area contributed by atoms with Crippen LogP contribution in [0.15, 0.2) is 18.2 Å². The van der Waals surface area contributed by atoms with E-state index in [-0.39, 0.29) is 35.0 Å². The molecule has 2 N–H and O–H groups in total. The predicted molar refractivity (Wildman–Crippen MR) is 152 cm³/mol. The Morgan fingerprint density at radius 2 is 1.93 bits per heavy atom. The fourth-order valence-electron chi connectivity index (χ4n) is 11.7. The van der Waals surface area contributed by atoms with Gasteiger partial charge in [0.05, 0.1) is 29.9 Å². The molecule has 6 heteroatoms. The van der Waals surface area contributed by atoms with Crippen LogP contribution >= 0.6 is 0 Å². The van der Waals surface area contributed by atoms with Crippen LogP contribution in [-0.2, 0) is 16.0 Å². The summed E-state index contributed by atoms with van der Waals surface area (Å²) in [7, 11) is 1.91. The van der Waals surface area contributed by atoms with E-state index in [2.05, 4.69) is 13.0 Å². The van der Waals surface area contributed by atoms with Crippen molar-refractivity contribution in [2.24, 2.45) is 46.3 Å². The van der Waals surface area contributed by atoms with Crippen molar-refractivity contribution in [3.63, 3.8) is 0 Å². The van der Waals surface area contributed by atoms with Crippen LogP contribution in [0.25, 0.3) is 0 Å². The third-order valence-corrected chi connectivity index (χ3v) is 13.4. The molecule has 0 radical (unpaired) electrons. The molecule has 5 saturated carbocycles. The van der Waals surface area contributed by atoms with Gasteiger partial charge in [0.25, 0.3) is 0 Å². The molecule has 5 aliphatic carbocycles. The zero-order valence-electron chi connectivity index (χ0n) is 24.2. The minimum atomic E-state index is -0.274. The SMILES string of the molecule is CO[C@H]1C[C@H]2[C@@H]([C@H](O)C[C@@H]3C[C@H](O)CC[C@@]32C)[C@@H]2CC[C@@H]3[C@@H](CCC(=O)N4CCc5cc(C#N)ccc54)CC[C@@]132. The van der Waals surface area contributed by atoms with Gasteiger partial charge in [0, 0.05) is 31.2 Å². The van der Waals surface area contributed by atoms with Gasteiger partial charge in [-0.3, -0.25) is 4.79 Å². The van der Waals surface area contributed by atoms with Gasteiger partial charge in [0.2, 0.25) is 5.91 Å². The zero-order chi connectivity index (χ0) is 27.8. The van der Waals surface area contributed by atoms with Crippen molar-refractivity contribution < 1.29 is 19.7 Å². The first-order valence-corrected chi connectivity index (χ1v) is 16.0. The molecule has 7 rings (SSSR count). The average molecular weight is 547 g/mol. The predicted octanol–water partition coefficient (Wildman–Crippen LogP) is 5.23. The van der Waals surface area contributed by atoms with Gasteiger partial charge in [-0.1, -0.05) is 6.92 Å². The maximum Gasteiger partial charge on any atom is 0.227 e. The number of nitriles is 1. The Labute approximate surface area is 239 Å². The molecular weight excluding hydrogens is 500 g/mol. The van der Waals surface area contributed by atoms with E-state index in [9.17, 15) is 20.3 Å². The highest BCUT2D eigenvalue weighted by Gasteiger charge is 2.69. The first-order chi connectivity index (χ1) is 19.3. The summed E-state index contributed by atoms with van der Waals surface area (Å²) in [5.41, 5.74) is 3.08. The summed E-state index contributed by atoms with van der Waals surface area (Å²) in [5.74, 6) is 3.04. The Bertz CT molecular complexity index is 1210. The number of anilines is 1. The van der Waals surface area contributed by atoms with E-state index in [1.165, 1.54) is 12.8 Å². The second kappa shape index (κ2) is 9.82. The first kappa shape index (κ1) is 26.9. The fourth-order valence-corrected chi connectivity index (χ4v) is 11.7. The normalized spacial score (nSPS) is 45.2. The molecule has 1 heterocycles. The number of nitrogens with zero attached hydrogens (tertiary/aromatic N) is 2. The molecule has 5 fully saturated rings. The summed E-state index contributed by atoms with van der Waals surface area (Å²) in [6.07, 6.45) is 11.4. The van der Waals surface area contributed by atoms with Crippen molar-refractivity contribution in [3.05, 3.63) is 29.3 Å². The molecule has 0 bridgehead atoms. The van der Waals surface area contributed by atoms with Gasteiger partial charge >= 0.3 is 0 Å². The van der Waals surface area contributed by atoms with E-state index in [0.29, 0.717) is 54.0 Å². The van der Waals surface area contributed by atoms with E-state index in [4.69, 9.17) is 4.74 Å². The number of aliphatic hydroxyl groups excluding tert-OH is 2. The van der Waals surface area contributed by atoms with Gasteiger partial charge in [0.15, 0.2) is 0 Å². The number of hydrogen-bond donors (Lipinski definition) is 2. The topological polar surface area (TPSA) is 93.8 Å². The third kappa shape index (κ3) is 3.80. The van der Waals surface area contributed by atoms with Crippen molar-refractivity contribution in [1.29, 1.82) is 5.26 Å². The standard InChI is InChI=1S/C34H46N2O4/c1-33-12-10-24(37)16-23(33)17-29(38)32-26-6-5-25-21(9-13-34(25,26)30(40-2)18-27(32)33)4-8-31(39)36-14-11-22-15-20(19-35)3-7-28(22)36/h3,7,15,21,23-27,29-30,32,37-38H,4-6,8-14,16-18H2,1-2H3/t21-,23-,24+,25+,26-,27-,29+,30-,32-,33-,34+/m0/s1. The molecule has 216 valence electrons. The van der Waals surface area contributed by atoms with E-state index in [1.807, 2.05) is 30.2 Å². The zero-order valence-corrected chi connectivity index (χ0v) is 24.2. The number of benzene rings is 1. The summed E-state index contributed by atoms with van der Waals surface area (Å²) in [5, 5.41) is 31.3. The maximum atomic E-state index is 13.4. The molecular formula is C34H46N2O4. The van der Waals surface area contributed by atoms with Crippen LogP contribution in [-0.4, -0.2) is 48.1 Å². The second-order valence-corrected chi connectivity index (χ2v) is 14.6. The van der Waals surface area contributed by atoms with Crippen LogP contribution < -0.4 is 4.90 Å². The van der Waals surface area contributed by atoms with Gasteiger partial charge in [-0.25, -0.2) is 0 Å². The molecule has 0 saturated heterocycles. The number of amides is 1. The highest BCUT2D eigenvalue weighted by molar-refractivity contribution is 5.95. The smallest absolute Gasteiger partial charge is 0.227 e. The minimum absolute atomic E-state index is 0.135. The lowest BCUT2D eigenvalue weighted by atomic mass is 9.43. The van der Waals surface area contributed by atoms with Crippen molar-refractivity contribution in [3.8, 4) is 6.07 Å². The minimum Gasteiger partial charge on any atom is -0.393 e. The van der Waals surface area contributed by atoms with Gasteiger partial charge in [-0.05, 0) is 135 Å². The number of methoxy groups -OCH3 is 1. The molecule has 1 aliphatic heterocycles. The Balaban J connectivity index is 1.08. The van der Waals surface area contributed by atoms with Crippen molar-refractivity contribution >= 4 is 11.6 Å². The summed E-state index contributed by atoms with van der Waals surface area (Å²) in [6, 6.07) is 7.91. The van der Waals surface area contributed by atoms with E-state index in [1.54, 1.807) is 0 Å². The second-order valence-electron chi connectivity index (χ2n) is 14.6. The molecule has 0 unspecified atom stereocenters. The molecule has 40 heavy (non-hydrogen) atoms. The number of ether oxygens (including phenoxy) is 1. The molecule has 6 aliphatic rings. The molecule has 1 aromatic carbocycles. The number of hydrogen-bond acceptors (Lipinski definition) is 5. The van der Waals surface area contributed by atoms with Crippen molar-refractivity contribution in [2.45, 2.75) is 102 Å². The van der Waals surface area contributed by atoms with Gasteiger partial charge in [0.1, 0.15) is 0 Å². The fraction of sp³-hybridized carbons (Fsp3) is 0.765. The Morgan fingerprint density at radius 3 is 2.73 bits per heavy atom. The van der Waals surface area contributed by atoms with Gasteiger partial charge in [-0.15, -0.1) is 0 Å². The lowest BCUT2D eigenvalue weighted by Crippen LogP contribution is -2.62. The monoisotopic (exact) mass is 546 g/mol. The van der Waals surface area contributed by atoms with Gasteiger partial charge < -0.3 is 19.8 Å². The van der Waals surface area contributed by atoms with E-state index >= 15 is 0 Å². The highest BCUT2D eigenvalue weighted by Crippen LogP contribution is 2.72. The van der Waals surface area contributed by atoms with Crippen LogP contribution in [0, 0.1) is 57.7 Å². The largest absolute Gasteiger partial charge is 0.393 e. The highest BCUT2D eigenvalue weighted by atomic mass is 16.5. The quantitative estimate of drug-likeness (QED) is 0.539.